The lowest BCUT2D eigenvalue weighted by Gasteiger charge is -2.24. The number of amides is 1. The molecule has 0 bridgehead atoms. The zero-order valence-electron chi connectivity index (χ0n) is 19.2. The van der Waals surface area contributed by atoms with Crippen LogP contribution in [0.25, 0.3) is 10.9 Å². The molecule has 0 N–H and O–H groups in total. The van der Waals surface area contributed by atoms with Gasteiger partial charge in [-0.05, 0) is 43.2 Å². The van der Waals surface area contributed by atoms with E-state index in [4.69, 9.17) is 16.3 Å². The maximum absolute atomic E-state index is 13.5. The average molecular weight is 514 g/mol. The van der Waals surface area contributed by atoms with Crippen LogP contribution in [0.4, 0.5) is 19.0 Å². The molecule has 0 spiro atoms. The van der Waals surface area contributed by atoms with Crippen molar-refractivity contribution in [2.24, 2.45) is 0 Å². The quantitative estimate of drug-likeness (QED) is 0.331. The molecule has 3 aromatic heterocycles. The number of aromatic nitrogens is 4. The van der Waals surface area contributed by atoms with E-state index < -0.39 is 17.8 Å². The van der Waals surface area contributed by atoms with Crippen LogP contribution in [-0.2, 0) is 30.7 Å². The molecule has 184 valence electrons. The summed E-state index contributed by atoms with van der Waals surface area (Å²) in [5, 5.41) is 1.28. The molecule has 36 heavy (non-hydrogen) atoms. The Balaban J connectivity index is 1.55. The highest BCUT2D eigenvalue weighted by atomic mass is 35.5. The van der Waals surface area contributed by atoms with Crippen LogP contribution in [0.15, 0.2) is 42.7 Å². The summed E-state index contributed by atoms with van der Waals surface area (Å²) >= 11 is 6.36. The summed E-state index contributed by atoms with van der Waals surface area (Å²) in [5.41, 5.74) is 3.22. The van der Waals surface area contributed by atoms with Crippen LogP contribution >= 0.6 is 11.6 Å². The lowest BCUT2D eigenvalue weighted by molar-refractivity contribution is -0.141. The van der Waals surface area contributed by atoms with E-state index in [1.54, 1.807) is 20.0 Å². The Morgan fingerprint density at radius 2 is 1.83 bits per heavy atom. The van der Waals surface area contributed by atoms with E-state index in [9.17, 15) is 18.0 Å². The summed E-state index contributed by atoms with van der Waals surface area (Å²) in [6.07, 6.45) is -2.11. The Kier molecular flexibility index (Phi) is 6.09. The number of pyridine rings is 2. The maximum Gasteiger partial charge on any atom is 0.433 e. The normalized spacial score (nSPS) is 13.2. The molecule has 0 aliphatic carbocycles. The fourth-order valence-electron chi connectivity index (χ4n) is 4.10. The maximum atomic E-state index is 13.5. The molecule has 4 aromatic rings. The first-order valence-corrected chi connectivity index (χ1v) is 11.3. The van der Waals surface area contributed by atoms with Gasteiger partial charge in [0.25, 0.3) is 5.91 Å². The summed E-state index contributed by atoms with van der Waals surface area (Å²) in [5.74, 6) is -0.263. The van der Waals surface area contributed by atoms with Gasteiger partial charge < -0.3 is 4.74 Å². The van der Waals surface area contributed by atoms with E-state index >= 15 is 0 Å². The van der Waals surface area contributed by atoms with E-state index in [-0.39, 0.29) is 12.1 Å². The van der Waals surface area contributed by atoms with Crippen molar-refractivity contribution in [1.29, 1.82) is 0 Å². The van der Waals surface area contributed by atoms with E-state index in [0.717, 1.165) is 40.4 Å². The van der Waals surface area contributed by atoms with Crippen LogP contribution in [0.2, 0.25) is 5.15 Å². The molecule has 5 rings (SSSR count). The van der Waals surface area contributed by atoms with Crippen LogP contribution < -0.4 is 4.90 Å². The number of nitrogens with zero attached hydrogens (tertiary/aromatic N) is 5. The van der Waals surface area contributed by atoms with Crippen molar-refractivity contribution >= 4 is 34.2 Å². The van der Waals surface area contributed by atoms with E-state index in [2.05, 4.69) is 19.9 Å². The second-order valence-corrected chi connectivity index (χ2v) is 8.80. The fourth-order valence-corrected chi connectivity index (χ4v) is 4.36. The summed E-state index contributed by atoms with van der Waals surface area (Å²) in [6, 6.07) is 7.47. The average Bonchev–Trinajstić information content (AvgIpc) is 3.34. The highest BCUT2D eigenvalue weighted by molar-refractivity contribution is 6.30. The molecule has 1 aliphatic rings. The molecular weight excluding hydrogens is 495 g/mol. The van der Waals surface area contributed by atoms with Crippen molar-refractivity contribution in [1.82, 2.24) is 19.9 Å². The second kappa shape index (κ2) is 9.11. The molecule has 0 fully saturated rings. The lowest BCUT2D eigenvalue weighted by atomic mass is 10.0. The Morgan fingerprint density at radius 3 is 2.56 bits per heavy atom. The number of benzene rings is 1. The van der Waals surface area contributed by atoms with Gasteiger partial charge in [-0.2, -0.15) is 13.2 Å². The van der Waals surface area contributed by atoms with Crippen molar-refractivity contribution in [3.05, 3.63) is 87.2 Å². The summed E-state index contributed by atoms with van der Waals surface area (Å²) in [4.78, 5) is 31.6. The predicted octanol–water partition coefficient (Wildman–Crippen LogP) is 5.59. The number of carbonyl (C=O) groups is 1. The van der Waals surface area contributed by atoms with Gasteiger partial charge in [-0.25, -0.2) is 9.97 Å². The Labute approximate surface area is 208 Å². The van der Waals surface area contributed by atoms with Crippen molar-refractivity contribution in [3.8, 4) is 0 Å². The van der Waals surface area contributed by atoms with E-state index in [1.807, 2.05) is 18.2 Å². The van der Waals surface area contributed by atoms with Crippen LogP contribution in [0, 0.1) is 13.8 Å². The van der Waals surface area contributed by atoms with Crippen molar-refractivity contribution in [2.45, 2.75) is 39.8 Å². The lowest BCUT2D eigenvalue weighted by Crippen LogP contribution is -2.32. The monoisotopic (exact) mass is 513 g/mol. The molecule has 1 aromatic carbocycles. The Hall–Kier alpha value is -3.63. The number of hydrogen-bond donors (Lipinski definition) is 0. The van der Waals surface area contributed by atoms with Crippen molar-refractivity contribution in [3.63, 3.8) is 0 Å². The number of hydrogen-bond acceptors (Lipinski definition) is 6. The number of anilines is 1. The minimum absolute atomic E-state index is 0.0115. The van der Waals surface area contributed by atoms with Crippen LogP contribution in [0.5, 0.6) is 0 Å². The minimum atomic E-state index is -4.61. The highest BCUT2D eigenvalue weighted by Crippen LogP contribution is 2.33. The van der Waals surface area contributed by atoms with Crippen molar-refractivity contribution < 1.29 is 22.7 Å². The molecular formula is C25H19ClF3N5O2. The van der Waals surface area contributed by atoms with Gasteiger partial charge in [0, 0.05) is 23.3 Å². The van der Waals surface area contributed by atoms with Gasteiger partial charge in [-0.1, -0.05) is 23.7 Å². The standard InChI is InChI=1S/C25H19ClF3N5O2/c1-13-8-30-14(2)23(32-13)34(24(35)16-4-6-21(31-9-16)25(27,28)29)10-15-3-5-17-18-11-36-12-19(18)22(26)33-20(17)7-15/h3-9H,10-12H2,1-2H3. The molecule has 11 heteroatoms. The zero-order valence-corrected chi connectivity index (χ0v) is 20.0. The number of halogens is 4. The van der Waals surface area contributed by atoms with Crippen LogP contribution in [0.3, 0.4) is 0 Å². The topological polar surface area (TPSA) is 81.1 Å². The van der Waals surface area contributed by atoms with Crippen LogP contribution in [-0.4, -0.2) is 25.8 Å². The molecule has 1 aliphatic heterocycles. The smallest absolute Gasteiger partial charge is 0.372 e. The van der Waals surface area contributed by atoms with Gasteiger partial charge >= 0.3 is 6.18 Å². The number of ether oxygens (including phenoxy) is 1. The summed E-state index contributed by atoms with van der Waals surface area (Å²) in [6.45, 7) is 4.37. The molecule has 0 saturated heterocycles. The fraction of sp³-hybridized carbons (Fsp3) is 0.240. The molecule has 4 heterocycles. The molecule has 0 saturated carbocycles. The van der Waals surface area contributed by atoms with Gasteiger partial charge in [-0.15, -0.1) is 0 Å². The van der Waals surface area contributed by atoms with E-state index in [0.29, 0.717) is 41.1 Å². The second-order valence-electron chi connectivity index (χ2n) is 8.45. The van der Waals surface area contributed by atoms with Gasteiger partial charge in [0.1, 0.15) is 10.8 Å². The summed E-state index contributed by atoms with van der Waals surface area (Å²) < 4.78 is 44.4. The van der Waals surface area contributed by atoms with Gasteiger partial charge in [0.15, 0.2) is 5.82 Å². The molecule has 0 atom stereocenters. The van der Waals surface area contributed by atoms with Gasteiger partial charge in [-0.3, -0.25) is 19.7 Å². The third-order valence-electron chi connectivity index (χ3n) is 5.91. The number of fused-ring (bicyclic) bond motifs is 3. The molecule has 1 amide bonds. The minimum Gasteiger partial charge on any atom is -0.372 e. The van der Waals surface area contributed by atoms with Gasteiger partial charge in [0.05, 0.1) is 42.2 Å². The number of alkyl halides is 3. The Morgan fingerprint density at radius 1 is 1.06 bits per heavy atom. The predicted molar refractivity (Wildman–Crippen MR) is 127 cm³/mol. The first-order chi connectivity index (χ1) is 17.1. The van der Waals surface area contributed by atoms with Gasteiger partial charge in [0.2, 0.25) is 0 Å². The Bertz CT molecular complexity index is 1490. The zero-order chi connectivity index (χ0) is 25.6. The van der Waals surface area contributed by atoms with Crippen molar-refractivity contribution in [2.75, 3.05) is 4.90 Å². The van der Waals surface area contributed by atoms with Crippen LogP contribution in [0.1, 0.15) is 44.1 Å². The molecule has 7 nitrogen and oxygen atoms in total. The number of aryl methyl sites for hydroxylation is 2. The third-order valence-corrected chi connectivity index (χ3v) is 6.22. The number of rotatable bonds is 4. The SMILES string of the molecule is Cc1cnc(C)c(N(Cc2ccc3c4c(c(Cl)nc3c2)COC4)C(=O)c2ccc(C(F)(F)F)nc2)n1. The molecule has 0 radical (unpaired) electrons. The number of carbonyl (C=O) groups excluding carboxylic acids is 1. The molecule has 0 unspecified atom stereocenters. The largest absolute Gasteiger partial charge is 0.433 e. The first-order valence-electron chi connectivity index (χ1n) is 10.9. The van der Waals surface area contributed by atoms with E-state index in [1.165, 1.54) is 4.90 Å². The first kappa shape index (κ1) is 24.1. The highest BCUT2D eigenvalue weighted by Gasteiger charge is 2.33. The summed E-state index contributed by atoms with van der Waals surface area (Å²) in [7, 11) is 0. The third kappa shape index (κ3) is 4.49.